The van der Waals surface area contributed by atoms with Gasteiger partial charge in [0, 0.05) is 40.9 Å². The van der Waals surface area contributed by atoms with E-state index in [0.717, 1.165) is 35.4 Å². The molecule has 0 aliphatic heterocycles. The second-order valence-electron chi connectivity index (χ2n) is 6.32. The maximum Gasteiger partial charge on any atom is 0.231 e. The van der Waals surface area contributed by atoms with Gasteiger partial charge >= 0.3 is 0 Å². The topological polar surface area (TPSA) is 78.5 Å². The summed E-state index contributed by atoms with van der Waals surface area (Å²) in [6, 6.07) is 8.30. The number of rotatable bonds is 9. The second-order valence-corrected chi connectivity index (χ2v) is 8.35. The van der Waals surface area contributed by atoms with Crippen LogP contribution >= 0.6 is 23.1 Å². The van der Waals surface area contributed by atoms with E-state index in [2.05, 4.69) is 61.3 Å². The van der Waals surface area contributed by atoms with E-state index < -0.39 is 0 Å². The molecule has 3 N–H and O–H groups in total. The van der Waals surface area contributed by atoms with Crippen molar-refractivity contribution in [3.05, 3.63) is 40.2 Å². The van der Waals surface area contributed by atoms with Gasteiger partial charge in [0.1, 0.15) is 10.8 Å². The van der Waals surface area contributed by atoms with E-state index in [0.29, 0.717) is 11.9 Å². The molecule has 1 saturated carbocycles. The summed E-state index contributed by atoms with van der Waals surface area (Å²) in [6.07, 6.45) is 3.55. The summed E-state index contributed by atoms with van der Waals surface area (Å²) in [5, 5.41) is 17.1. The summed E-state index contributed by atoms with van der Waals surface area (Å²) < 4.78 is 0. The standard InChI is InChI=1S/C18H22N6S2/c1-2-7-19-15-10-17(26-11-13-4-3-8-25-13)22-18(20-15)21-16-9-14(23-24-16)12-5-6-12/h3-4,8-10,12H,2,5-7,11H2,1H3,(H3,19,20,21,22,23,24). The van der Waals surface area contributed by atoms with Crippen LogP contribution in [0.25, 0.3) is 0 Å². The van der Waals surface area contributed by atoms with Crippen LogP contribution in [0.1, 0.15) is 42.7 Å². The van der Waals surface area contributed by atoms with Gasteiger partial charge in [-0.2, -0.15) is 10.1 Å². The van der Waals surface area contributed by atoms with Gasteiger partial charge in [-0.25, -0.2) is 4.98 Å². The highest BCUT2D eigenvalue weighted by molar-refractivity contribution is 7.98. The fourth-order valence-corrected chi connectivity index (χ4v) is 4.23. The number of hydrogen-bond acceptors (Lipinski definition) is 7. The van der Waals surface area contributed by atoms with E-state index >= 15 is 0 Å². The molecule has 0 amide bonds. The van der Waals surface area contributed by atoms with Gasteiger partial charge in [0.15, 0.2) is 5.82 Å². The van der Waals surface area contributed by atoms with Crippen molar-refractivity contribution >= 4 is 40.7 Å². The highest BCUT2D eigenvalue weighted by atomic mass is 32.2. The lowest BCUT2D eigenvalue weighted by atomic mass is 10.3. The number of anilines is 3. The number of aromatic nitrogens is 4. The van der Waals surface area contributed by atoms with Crippen molar-refractivity contribution in [2.45, 2.75) is 42.9 Å². The zero-order valence-electron chi connectivity index (χ0n) is 14.7. The molecule has 1 aliphatic rings. The Morgan fingerprint density at radius 2 is 2.19 bits per heavy atom. The van der Waals surface area contributed by atoms with E-state index in [9.17, 15) is 0 Å². The Morgan fingerprint density at radius 3 is 2.96 bits per heavy atom. The van der Waals surface area contributed by atoms with Crippen molar-refractivity contribution in [1.29, 1.82) is 0 Å². The molecular weight excluding hydrogens is 364 g/mol. The third-order valence-corrected chi connectivity index (χ3v) is 6.08. The van der Waals surface area contributed by atoms with Crippen molar-refractivity contribution in [2.75, 3.05) is 17.2 Å². The molecule has 3 aromatic rings. The summed E-state index contributed by atoms with van der Waals surface area (Å²) in [5.41, 5.74) is 1.19. The highest BCUT2D eigenvalue weighted by Crippen LogP contribution is 2.39. The van der Waals surface area contributed by atoms with Crippen LogP contribution in [0.15, 0.2) is 34.7 Å². The molecule has 3 heterocycles. The molecule has 26 heavy (non-hydrogen) atoms. The Morgan fingerprint density at radius 1 is 1.27 bits per heavy atom. The molecule has 6 nitrogen and oxygen atoms in total. The van der Waals surface area contributed by atoms with E-state index in [1.165, 1.54) is 23.4 Å². The van der Waals surface area contributed by atoms with Crippen molar-refractivity contribution in [3.8, 4) is 0 Å². The molecule has 0 aromatic carbocycles. The highest BCUT2D eigenvalue weighted by Gasteiger charge is 2.25. The molecule has 0 radical (unpaired) electrons. The molecule has 0 bridgehead atoms. The number of hydrogen-bond donors (Lipinski definition) is 3. The minimum absolute atomic E-state index is 0.577. The van der Waals surface area contributed by atoms with Crippen molar-refractivity contribution in [3.63, 3.8) is 0 Å². The largest absolute Gasteiger partial charge is 0.370 e. The van der Waals surface area contributed by atoms with Gasteiger partial charge in [0.2, 0.25) is 5.95 Å². The first-order valence-electron chi connectivity index (χ1n) is 8.90. The minimum Gasteiger partial charge on any atom is -0.370 e. The molecule has 8 heteroatoms. The van der Waals surface area contributed by atoms with Crippen LogP contribution in [0, 0.1) is 0 Å². The van der Waals surface area contributed by atoms with Crippen LogP contribution in [0.3, 0.4) is 0 Å². The van der Waals surface area contributed by atoms with Crippen molar-refractivity contribution < 1.29 is 0 Å². The normalized spacial score (nSPS) is 13.7. The van der Waals surface area contributed by atoms with E-state index in [4.69, 9.17) is 0 Å². The molecule has 0 atom stereocenters. The summed E-state index contributed by atoms with van der Waals surface area (Å²) in [7, 11) is 0. The second kappa shape index (κ2) is 8.09. The maximum atomic E-state index is 4.66. The lowest BCUT2D eigenvalue weighted by molar-refractivity contribution is 0.951. The van der Waals surface area contributed by atoms with Gasteiger partial charge in [0.25, 0.3) is 0 Å². The van der Waals surface area contributed by atoms with Crippen molar-refractivity contribution in [2.24, 2.45) is 0 Å². The fraction of sp³-hybridized carbons (Fsp3) is 0.389. The summed E-state index contributed by atoms with van der Waals surface area (Å²) in [4.78, 5) is 10.6. The quantitative estimate of drug-likeness (QED) is 0.355. The average Bonchev–Trinajstić information content (AvgIpc) is 3.16. The number of aromatic amines is 1. The Balaban J connectivity index is 1.49. The van der Waals surface area contributed by atoms with Crippen LogP contribution < -0.4 is 10.6 Å². The Kier molecular flexibility index (Phi) is 5.40. The van der Waals surface area contributed by atoms with E-state index in [1.54, 1.807) is 23.1 Å². The van der Waals surface area contributed by atoms with Crippen LogP contribution in [0.4, 0.5) is 17.6 Å². The first kappa shape index (κ1) is 17.4. The summed E-state index contributed by atoms with van der Waals surface area (Å²) in [5.74, 6) is 3.75. The van der Waals surface area contributed by atoms with Crippen molar-refractivity contribution in [1.82, 2.24) is 20.2 Å². The van der Waals surface area contributed by atoms with Gasteiger partial charge in [-0.05, 0) is 30.7 Å². The van der Waals surface area contributed by atoms with Crippen LogP contribution in [-0.4, -0.2) is 26.7 Å². The van der Waals surface area contributed by atoms with Gasteiger partial charge in [-0.15, -0.1) is 23.1 Å². The lowest BCUT2D eigenvalue weighted by Gasteiger charge is -2.09. The molecular formula is C18H22N6S2. The zero-order valence-corrected chi connectivity index (χ0v) is 16.3. The number of thiophene rings is 1. The summed E-state index contributed by atoms with van der Waals surface area (Å²) >= 11 is 3.49. The molecule has 0 saturated heterocycles. The molecule has 3 aromatic heterocycles. The maximum absolute atomic E-state index is 4.66. The molecule has 0 spiro atoms. The fourth-order valence-electron chi connectivity index (χ4n) is 2.56. The van der Waals surface area contributed by atoms with Gasteiger partial charge in [-0.1, -0.05) is 13.0 Å². The molecule has 136 valence electrons. The molecule has 4 rings (SSSR count). The summed E-state index contributed by atoms with van der Waals surface area (Å²) in [6.45, 7) is 3.03. The third-order valence-electron chi connectivity index (χ3n) is 4.06. The Labute approximate surface area is 161 Å². The Hall–Kier alpha value is -2.06. The first-order chi connectivity index (χ1) is 12.8. The third kappa shape index (κ3) is 4.56. The molecule has 1 aliphatic carbocycles. The Bertz CT molecular complexity index is 841. The monoisotopic (exact) mass is 386 g/mol. The zero-order chi connectivity index (χ0) is 17.8. The number of nitrogens with one attached hydrogen (secondary N) is 3. The van der Waals surface area contributed by atoms with Gasteiger partial charge < -0.3 is 10.6 Å². The van der Waals surface area contributed by atoms with Gasteiger partial charge in [0.05, 0.1) is 0 Å². The number of nitrogens with zero attached hydrogens (tertiary/aromatic N) is 3. The smallest absolute Gasteiger partial charge is 0.231 e. The van der Waals surface area contributed by atoms with Crippen LogP contribution in [0.5, 0.6) is 0 Å². The van der Waals surface area contributed by atoms with Crippen LogP contribution in [0.2, 0.25) is 0 Å². The van der Waals surface area contributed by atoms with Gasteiger partial charge in [-0.3, -0.25) is 5.10 Å². The predicted octanol–water partition coefficient (Wildman–Crippen LogP) is 5.00. The molecule has 0 unspecified atom stereocenters. The SMILES string of the molecule is CCCNc1cc(SCc2cccs2)nc(Nc2cc(C3CC3)[nH]n2)n1. The average molecular weight is 387 g/mol. The number of thioether (sulfide) groups is 1. The minimum atomic E-state index is 0.577. The molecule has 1 fully saturated rings. The predicted molar refractivity (Wildman–Crippen MR) is 109 cm³/mol. The van der Waals surface area contributed by atoms with E-state index in [-0.39, 0.29) is 0 Å². The first-order valence-corrected chi connectivity index (χ1v) is 10.8. The number of H-pyrrole nitrogens is 1. The van der Waals surface area contributed by atoms with E-state index in [1.807, 2.05) is 6.07 Å². The lowest BCUT2D eigenvalue weighted by Crippen LogP contribution is -2.06. The van der Waals surface area contributed by atoms with Crippen LogP contribution in [-0.2, 0) is 5.75 Å².